The van der Waals surface area contributed by atoms with Crippen LogP contribution in [0.5, 0.6) is 0 Å². The van der Waals surface area contributed by atoms with Gasteiger partial charge < -0.3 is 21.3 Å². The third kappa shape index (κ3) is 5.34. The molecule has 2 unspecified atom stereocenters. The predicted molar refractivity (Wildman–Crippen MR) is 116 cm³/mol. The summed E-state index contributed by atoms with van der Waals surface area (Å²) >= 11 is 0. The molecule has 2 aliphatic rings. The molecular formula is C20H34N4O5S. The smallest absolute Gasteiger partial charge is 0.321 e. The summed E-state index contributed by atoms with van der Waals surface area (Å²) in [5.74, 6) is -0.739. The van der Waals surface area contributed by atoms with Crippen LogP contribution in [0.2, 0.25) is 0 Å². The van der Waals surface area contributed by atoms with Crippen LogP contribution < -0.4 is 16.2 Å². The van der Waals surface area contributed by atoms with Gasteiger partial charge in [0.1, 0.15) is 17.4 Å². The molecule has 6 N–H and O–H groups in total. The van der Waals surface area contributed by atoms with Crippen molar-refractivity contribution in [2.45, 2.75) is 71.9 Å². The quantitative estimate of drug-likeness (QED) is 0.241. The van der Waals surface area contributed by atoms with E-state index in [4.69, 9.17) is 16.2 Å². The first kappa shape index (κ1) is 24.2. The van der Waals surface area contributed by atoms with E-state index in [2.05, 4.69) is 9.71 Å². The summed E-state index contributed by atoms with van der Waals surface area (Å²) in [7, 11) is -4.00. The second kappa shape index (κ2) is 8.97. The molecule has 0 aromatic heterocycles. The second-order valence-corrected chi connectivity index (χ2v) is 10.4. The number of fused-ring (bicyclic) bond motifs is 1. The molecule has 9 nitrogen and oxygen atoms in total. The van der Waals surface area contributed by atoms with E-state index in [1.807, 2.05) is 27.7 Å². The van der Waals surface area contributed by atoms with Crippen LogP contribution in [-0.4, -0.2) is 43.6 Å². The number of nitrogens with zero attached hydrogens (tertiary/aromatic N) is 1. The fraction of sp³-hybridized carbons (Fsp3) is 0.700. The molecule has 1 aliphatic carbocycles. The SMILES string of the molecule is CC1=C2OC(C)(C)CC2C(C)C(S(=O)(=O)N[C@@H](CCCCN=C(N)N)C(=O)O)=C1C. The van der Waals surface area contributed by atoms with Crippen molar-refractivity contribution >= 4 is 22.0 Å². The van der Waals surface area contributed by atoms with Crippen LogP contribution in [0.25, 0.3) is 0 Å². The summed E-state index contributed by atoms with van der Waals surface area (Å²) < 4.78 is 35.0. The topological polar surface area (TPSA) is 157 Å². The lowest BCUT2D eigenvalue weighted by atomic mass is 9.79. The Morgan fingerprint density at radius 1 is 1.30 bits per heavy atom. The maximum Gasteiger partial charge on any atom is 0.321 e. The first-order valence-electron chi connectivity index (χ1n) is 10.2. The molecule has 170 valence electrons. The Morgan fingerprint density at radius 3 is 2.50 bits per heavy atom. The molecule has 1 aliphatic heterocycles. The number of hydrogen-bond acceptors (Lipinski definition) is 5. The van der Waals surface area contributed by atoms with E-state index >= 15 is 0 Å². The highest BCUT2D eigenvalue weighted by atomic mass is 32.2. The highest BCUT2D eigenvalue weighted by Gasteiger charge is 2.47. The Labute approximate surface area is 178 Å². The van der Waals surface area contributed by atoms with Crippen molar-refractivity contribution in [3.8, 4) is 0 Å². The van der Waals surface area contributed by atoms with Crippen molar-refractivity contribution < 1.29 is 23.1 Å². The number of hydrogen-bond donors (Lipinski definition) is 4. The van der Waals surface area contributed by atoms with E-state index in [-0.39, 0.29) is 34.7 Å². The van der Waals surface area contributed by atoms with Gasteiger partial charge >= 0.3 is 5.97 Å². The summed E-state index contributed by atoms with van der Waals surface area (Å²) in [6.45, 7) is 9.83. The van der Waals surface area contributed by atoms with E-state index in [1.165, 1.54) is 0 Å². The number of rotatable bonds is 9. The van der Waals surface area contributed by atoms with Gasteiger partial charge in [-0.3, -0.25) is 9.79 Å². The normalized spacial score (nSPS) is 24.3. The van der Waals surface area contributed by atoms with Gasteiger partial charge in [0, 0.05) is 18.4 Å². The summed E-state index contributed by atoms with van der Waals surface area (Å²) in [5, 5.41) is 9.54. The Bertz CT molecular complexity index is 885. The molecule has 1 saturated heterocycles. The number of carbonyl (C=O) groups is 1. The number of guanidine groups is 1. The van der Waals surface area contributed by atoms with Crippen molar-refractivity contribution in [3.05, 3.63) is 21.8 Å². The molecule has 1 heterocycles. The van der Waals surface area contributed by atoms with Crippen LogP contribution in [0.4, 0.5) is 0 Å². The van der Waals surface area contributed by atoms with Crippen molar-refractivity contribution in [3.63, 3.8) is 0 Å². The number of nitrogens with two attached hydrogens (primary N) is 2. The molecule has 0 spiro atoms. The number of aliphatic carboxylic acids is 1. The number of allylic oxidation sites excluding steroid dienone is 4. The number of carboxylic acids is 1. The molecular weight excluding hydrogens is 408 g/mol. The number of sulfonamides is 1. The first-order valence-corrected chi connectivity index (χ1v) is 11.7. The van der Waals surface area contributed by atoms with Gasteiger partial charge in [0.05, 0.1) is 4.91 Å². The van der Waals surface area contributed by atoms with Gasteiger partial charge in [-0.2, -0.15) is 4.72 Å². The van der Waals surface area contributed by atoms with Crippen LogP contribution in [-0.2, 0) is 19.6 Å². The lowest BCUT2D eigenvalue weighted by Gasteiger charge is -2.31. The minimum atomic E-state index is -4.00. The third-order valence-electron chi connectivity index (χ3n) is 5.83. The molecule has 0 saturated carbocycles. The minimum absolute atomic E-state index is 0.0268. The van der Waals surface area contributed by atoms with Gasteiger partial charge in [0.25, 0.3) is 0 Å². The zero-order valence-electron chi connectivity index (χ0n) is 18.4. The lowest BCUT2D eigenvalue weighted by Crippen LogP contribution is -2.43. The molecule has 0 amide bonds. The number of carboxylic acid groups (broad SMARTS) is 1. The van der Waals surface area contributed by atoms with Crippen LogP contribution in [0.15, 0.2) is 26.8 Å². The first-order chi connectivity index (χ1) is 13.8. The monoisotopic (exact) mass is 442 g/mol. The molecule has 3 atom stereocenters. The second-order valence-electron chi connectivity index (χ2n) is 8.75. The van der Waals surface area contributed by atoms with Gasteiger partial charge in [-0.1, -0.05) is 6.92 Å². The van der Waals surface area contributed by atoms with Gasteiger partial charge in [-0.15, -0.1) is 0 Å². The Morgan fingerprint density at radius 2 is 1.93 bits per heavy atom. The summed E-state index contributed by atoms with van der Waals surface area (Å²) in [6, 6.07) is -1.22. The van der Waals surface area contributed by atoms with Crippen molar-refractivity contribution in [1.82, 2.24) is 4.72 Å². The minimum Gasteiger partial charge on any atom is -0.492 e. The van der Waals surface area contributed by atoms with E-state index in [0.717, 1.165) is 11.3 Å². The van der Waals surface area contributed by atoms with Gasteiger partial charge in [-0.25, -0.2) is 8.42 Å². The number of aliphatic imine (C=N–C) groups is 1. The standard InChI is InChI=1S/C20H34N4O5S/c1-11-12(2)17(13(3)14-10-20(4,5)29-16(11)14)30(27,28)24-15(18(25)26)8-6-7-9-23-19(21)22/h13-15,24H,6-10H2,1-5H3,(H,25,26)(H4,21,22,23)/t13?,14?,15-/m0/s1. The van der Waals surface area contributed by atoms with Crippen molar-refractivity contribution in [2.24, 2.45) is 28.3 Å². The summed E-state index contributed by atoms with van der Waals surface area (Å²) in [5.41, 5.74) is 11.6. The molecule has 2 rings (SSSR count). The Kier molecular flexibility index (Phi) is 7.24. The van der Waals surface area contributed by atoms with E-state index in [9.17, 15) is 18.3 Å². The average Bonchev–Trinajstić information content (AvgIpc) is 2.94. The number of unbranched alkanes of at least 4 members (excludes halogenated alkanes) is 1. The Hall–Kier alpha value is -2.07. The summed E-state index contributed by atoms with van der Waals surface area (Å²) in [6.07, 6.45) is 1.88. The molecule has 0 bridgehead atoms. The van der Waals surface area contributed by atoms with Crippen molar-refractivity contribution in [2.75, 3.05) is 6.54 Å². The van der Waals surface area contributed by atoms with E-state index in [1.54, 1.807) is 6.92 Å². The molecule has 10 heteroatoms. The van der Waals surface area contributed by atoms with Crippen molar-refractivity contribution in [1.29, 1.82) is 0 Å². The van der Waals surface area contributed by atoms with E-state index in [0.29, 0.717) is 31.4 Å². The average molecular weight is 443 g/mol. The van der Waals surface area contributed by atoms with Gasteiger partial charge in [-0.05, 0) is 64.5 Å². The lowest BCUT2D eigenvalue weighted by molar-refractivity contribution is -0.139. The number of ether oxygens (including phenoxy) is 1. The molecule has 0 aromatic rings. The van der Waals surface area contributed by atoms with Crippen LogP contribution in [0.1, 0.15) is 60.3 Å². The predicted octanol–water partition coefficient (Wildman–Crippen LogP) is 1.82. The van der Waals surface area contributed by atoms with Gasteiger partial charge in [0.2, 0.25) is 10.0 Å². The fourth-order valence-corrected chi connectivity index (χ4v) is 6.22. The highest BCUT2D eigenvalue weighted by Crippen LogP contribution is 2.50. The third-order valence-corrected chi connectivity index (χ3v) is 7.69. The van der Waals surface area contributed by atoms with Crippen LogP contribution in [0, 0.1) is 11.8 Å². The molecule has 1 fully saturated rings. The largest absolute Gasteiger partial charge is 0.492 e. The Balaban J connectivity index is 2.20. The van der Waals surface area contributed by atoms with Crippen LogP contribution >= 0.6 is 0 Å². The summed E-state index contributed by atoms with van der Waals surface area (Å²) in [4.78, 5) is 15.8. The zero-order chi connectivity index (χ0) is 22.9. The molecule has 30 heavy (non-hydrogen) atoms. The molecule has 0 radical (unpaired) electrons. The van der Waals surface area contributed by atoms with Crippen LogP contribution in [0.3, 0.4) is 0 Å². The maximum absolute atomic E-state index is 13.2. The highest BCUT2D eigenvalue weighted by molar-refractivity contribution is 7.93. The van der Waals surface area contributed by atoms with E-state index < -0.39 is 22.0 Å². The zero-order valence-corrected chi connectivity index (χ0v) is 19.2. The maximum atomic E-state index is 13.2. The number of nitrogens with one attached hydrogen (secondary N) is 1. The van der Waals surface area contributed by atoms with Gasteiger partial charge in [0.15, 0.2) is 5.96 Å². The molecule has 0 aromatic carbocycles. The fourth-order valence-electron chi connectivity index (χ4n) is 4.29.